The van der Waals surface area contributed by atoms with Crippen molar-refractivity contribution in [3.63, 3.8) is 0 Å². The first kappa shape index (κ1) is 10.7. The number of carbonyl (C=O) groups excluding carboxylic acids is 3. The Morgan fingerprint density at radius 1 is 1.22 bits per heavy atom. The lowest BCUT2D eigenvalue weighted by Crippen LogP contribution is -2.49. The van der Waals surface area contributed by atoms with E-state index < -0.39 is 42.4 Å². The van der Waals surface area contributed by atoms with Crippen LogP contribution >= 0.6 is 0 Å². The van der Waals surface area contributed by atoms with E-state index in [9.17, 15) is 19.5 Å². The molecule has 0 saturated carbocycles. The summed E-state index contributed by atoms with van der Waals surface area (Å²) in [7, 11) is 0. The normalized spacial score (nSPS) is 26.4. The number of rotatable bonds is 0. The van der Waals surface area contributed by atoms with E-state index in [1.54, 1.807) is 0 Å². The van der Waals surface area contributed by atoms with Gasteiger partial charge in [-0.05, 0) is 0 Å². The standard InChI is InChI=1S/C9H6N2O7/c12-5-1-9(15)2-6(13)18-11-3-4(16-5)10-8(11)17-7(9)14/h3,15H,1-2H2. The highest BCUT2D eigenvalue weighted by atomic mass is 16.7. The Hall–Kier alpha value is -2.42. The topological polar surface area (TPSA) is 117 Å². The first-order chi connectivity index (χ1) is 8.46. The number of carbonyl (C=O) groups is 3. The zero-order valence-corrected chi connectivity index (χ0v) is 8.78. The molecule has 9 nitrogen and oxygen atoms in total. The van der Waals surface area contributed by atoms with Crippen LogP contribution < -0.4 is 14.3 Å². The van der Waals surface area contributed by atoms with E-state index in [2.05, 4.69) is 4.98 Å². The van der Waals surface area contributed by atoms with Crippen LogP contribution in [0.5, 0.6) is 11.9 Å². The van der Waals surface area contributed by atoms with Crippen LogP contribution in [0.2, 0.25) is 0 Å². The molecule has 1 aromatic heterocycles. The number of imidazole rings is 1. The van der Waals surface area contributed by atoms with E-state index in [-0.39, 0.29) is 5.88 Å². The van der Waals surface area contributed by atoms with Gasteiger partial charge in [0.1, 0.15) is 6.20 Å². The average molecular weight is 254 g/mol. The summed E-state index contributed by atoms with van der Waals surface area (Å²) in [4.78, 5) is 43.0. The van der Waals surface area contributed by atoms with Crippen LogP contribution in [0, 0.1) is 0 Å². The van der Waals surface area contributed by atoms with Crippen molar-refractivity contribution in [3.05, 3.63) is 6.20 Å². The number of aliphatic hydroxyl groups is 1. The average Bonchev–Trinajstić information content (AvgIpc) is 2.57. The van der Waals surface area contributed by atoms with Crippen molar-refractivity contribution in [2.75, 3.05) is 0 Å². The number of ether oxygens (including phenoxy) is 2. The van der Waals surface area contributed by atoms with E-state index >= 15 is 0 Å². The third-order valence-electron chi connectivity index (χ3n) is 2.48. The quantitative estimate of drug-likeness (QED) is 0.538. The minimum absolute atomic E-state index is 0.193. The summed E-state index contributed by atoms with van der Waals surface area (Å²) in [5.41, 5.74) is -2.31. The summed E-state index contributed by atoms with van der Waals surface area (Å²) in [6.45, 7) is 0. The molecule has 0 radical (unpaired) electrons. The summed E-state index contributed by atoms with van der Waals surface area (Å²) in [6.07, 6.45) is -0.358. The number of esters is 2. The molecule has 94 valence electrons. The highest BCUT2D eigenvalue weighted by molar-refractivity contribution is 5.92. The maximum absolute atomic E-state index is 11.7. The summed E-state index contributed by atoms with van der Waals surface area (Å²) in [6, 6.07) is -0.392. The van der Waals surface area contributed by atoms with Gasteiger partial charge in [0, 0.05) is 0 Å². The Morgan fingerprint density at radius 2 is 1.94 bits per heavy atom. The van der Waals surface area contributed by atoms with Crippen molar-refractivity contribution in [2.24, 2.45) is 0 Å². The summed E-state index contributed by atoms with van der Waals surface area (Å²) in [5, 5.41) is 9.99. The van der Waals surface area contributed by atoms with Crippen molar-refractivity contribution < 1.29 is 33.8 Å². The molecule has 2 aliphatic rings. The Labute approximate surface area is 98.8 Å². The predicted molar refractivity (Wildman–Crippen MR) is 49.3 cm³/mol. The smallest absolute Gasteiger partial charge is 0.347 e. The molecule has 1 atom stereocenters. The van der Waals surface area contributed by atoms with E-state index in [1.807, 2.05) is 0 Å². The van der Waals surface area contributed by atoms with Crippen LogP contribution in [0.25, 0.3) is 0 Å². The maximum atomic E-state index is 11.7. The molecule has 1 unspecified atom stereocenters. The lowest BCUT2D eigenvalue weighted by atomic mass is 9.95. The van der Waals surface area contributed by atoms with Gasteiger partial charge in [0.05, 0.1) is 12.8 Å². The molecular weight excluding hydrogens is 248 g/mol. The second-order valence-corrected chi connectivity index (χ2v) is 3.90. The van der Waals surface area contributed by atoms with E-state index in [4.69, 9.17) is 14.3 Å². The second kappa shape index (κ2) is 3.29. The fourth-order valence-corrected chi connectivity index (χ4v) is 1.67. The molecule has 0 amide bonds. The van der Waals surface area contributed by atoms with Crippen LogP contribution in [-0.4, -0.2) is 38.3 Å². The van der Waals surface area contributed by atoms with Gasteiger partial charge in [0.2, 0.25) is 5.88 Å². The lowest BCUT2D eigenvalue weighted by Gasteiger charge is -2.25. The van der Waals surface area contributed by atoms with Gasteiger partial charge in [-0.15, -0.1) is 4.73 Å². The van der Waals surface area contributed by atoms with Crippen molar-refractivity contribution in [2.45, 2.75) is 18.4 Å². The molecule has 9 heteroatoms. The fraction of sp³-hybridized carbons (Fsp3) is 0.333. The van der Waals surface area contributed by atoms with Crippen molar-refractivity contribution >= 4 is 17.9 Å². The molecule has 3 heterocycles. The maximum Gasteiger partial charge on any atom is 0.347 e. The molecular formula is C9H6N2O7. The zero-order valence-electron chi connectivity index (χ0n) is 8.78. The van der Waals surface area contributed by atoms with Gasteiger partial charge in [-0.2, -0.15) is 4.98 Å². The van der Waals surface area contributed by atoms with Crippen LogP contribution in [-0.2, 0) is 14.4 Å². The van der Waals surface area contributed by atoms with Gasteiger partial charge in [0.25, 0.3) is 0 Å². The Balaban J connectivity index is 2.19. The van der Waals surface area contributed by atoms with Crippen molar-refractivity contribution in [3.8, 4) is 11.9 Å². The number of fused-ring (bicyclic) bond motifs is 3. The zero-order chi connectivity index (χ0) is 12.9. The van der Waals surface area contributed by atoms with Gasteiger partial charge in [-0.3, -0.25) is 4.79 Å². The molecule has 3 bridgehead atoms. The monoisotopic (exact) mass is 254 g/mol. The van der Waals surface area contributed by atoms with E-state index in [1.165, 1.54) is 0 Å². The Morgan fingerprint density at radius 3 is 2.72 bits per heavy atom. The largest absolute Gasteiger partial charge is 0.405 e. The van der Waals surface area contributed by atoms with Crippen LogP contribution in [0.4, 0.5) is 0 Å². The fourth-order valence-electron chi connectivity index (χ4n) is 1.67. The number of hydrogen-bond acceptors (Lipinski definition) is 8. The molecule has 18 heavy (non-hydrogen) atoms. The van der Waals surface area contributed by atoms with E-state index in [0.717, 1.165) is 10.9 Å². The van der Waals surface area contributed by atoms with Gasteiger partial charge in [-0.1, -0.05) is 0 Å². The van der Waals surface area contributed by atoms with Gasteiger partial charge in [-0.25, -0.2) is 9.59 Å². The molecule has 0 aliphatic carbocycles. The van der Waals surface area contributed by atoms with Gasteiger partial charge in [0.15, 0.2) is 5.60 Å². The second-order valence-electron chi connectivity index (χ2n) is 3.90. The highest BCUT2D eigenvalue weighted by Gasteiger charge is 2.47. The highest BCUT2D eigenvalue weighted by Crippen LogP contribution is 2.27. The molecule has 0 fully saturated rings. The number of aromatic nitrogens is 2. The third kappa shape index (κ3) is 1.52. The van der Waals surface area contributed by atoms with Crippen LogP contribution in [0.1, 0.15) is 12.8 Å². The summed E-state index contributed by atoms with van der Waals surface area (Å²) < 4.78 is 10.3. The summed E-state index contributed by atoms with van der Waals surface area (Å²) in [5.74, 6) is -3.14. The molecule has 1 N–H and O–H groups in total. The molecule has 0 saturated heterocycles. The summed E-state index contributed by atoms with van der Waals surface area (Å²) >= 11 is 0. The lowest BCUT2D eigenvalue weighted by molar-refractivity contribution is -0.174. The SMILES string of the molecule is O=C1CC2(O)CC(=O)On3cc(nc3OC2=O)O1. The number of hydrogen-bond donors (Lipinski definition) is 1. The predicted octanol–water partition coefficient (Wildman–Crippen LogP) is -1.81. The molecule has 0 spiro atoms. The van der Waals surface area contributed by atoms with Gasteiger partial charge < -0.3 is 19.4 Å². The molecule has 0 aromatic carbocycles. The van der Waals surface area contributed by atoms with Crippen LogP contribution in [0.15, 0.2) is 6.20 Å². The van der Waals surface area contributed by atoms with E-state index in [0.29, 0.717) is 0 Å². The van der Waals surface area contributed by atoms with Gasteiger partial charge >= 0.3 is 23.9 Å². The Bertz CT molecular complexity index is 577. The van der Waals surface area contributed by atoms with Crippen molar-refractivity contribution in [1.82, 2.24) is 9.71 Å². The third-order valence-corrected chi connectivity index (χ3v) is 2.48. The number of nitrogens with zero attached hydrogens (tertiary/aromatic N) is 2. The first-order valence-corrected chi connectivity index (χ1v) is 4.92. The first-order valence-electron chi connectivity index (χ1n) is 4.92. The Kier molecular flexibility index (Phi) is 1.96. The minimum Gasteiger partial charge on any atom is -0.405 e. The van der Waals surface area contributed by atoms with Crippen LogP contribution in [0.3, 0.4) is 0 Å². The molecule has 2 aliphatic heterocycles. The molecule has 3 rings (SSSR count). The van der Waals surface area contributed by atoms with Crippen molar-refractivity contribution in [1.29, 1.82) is 0 Å². The molecule has 1 aromatic rings. The minimum atomic E-state index is -2.31.